The first-order valence-corrected chi connectivity index (χ1v) is 11.6. The Balaban J connectivity index is 1.38. The number of nitrogens with zero attached hydrogens (tertiary/aromatic N) is 3. The van der Waals surface area contributed by atoms with E-state index in [0.29, 0.717) is 23.2 Å². The lowest BCUT2D eigenvalue weighted by Crippen LogP contribution is -2.05. The average Bonchev–Trinajstić information content (AvgIpc) is 3.64. The number of pyridine rings is 1. The highest BCUT2D eigenvalue weighted by Crippen LogP contribution is 2.39. The predicted octanol–water partition coefficient (Wildman–Crippen LogP) is 5.37. The molecule has 0 amide bonds. The molecule has 7 nitrogen and oxygen atoms in total. The summed E-state index contributed by atoms with van der Waals surface area (Å²) >= 11 is 0. The van der Waals surface area contributed by atoms with Crippen LogP contribution >= 0.6 is 0 Å². The van der Waals surface area contributed by atoms with Gasteiger partial charge in [-0.15, -0.1) is 0 Å². The lowest BCUT2D eigenvalue weighted by molar-refractivity contribution is -0.136. The Morgan fingerprint density at radius 1 is 1.03 bits per heavy atom. The Morgan fingerprint density at radius 2 is 1.80 bits per heavy atom. The summed E-state index contributed by atoms with van der Waals surface area (Å²) in [5.41, 5.74) is 10.8. The second kappa shape index (κ2) is 8.43. The molecule has 0 atom stereocenters. The van der Waals surface area contributed by atoms with Crippen molar-refractivity contribution in [3.8, 4) is 16.9 Å². The third-order valence-corrected chi connectivity index (χ3v) is 6.48. The summed E-state index contributed by atoms with van der Waals surface area (Å²) in [6.45, 7) is 0.255. The fourth-order valence-corrected chi connectivity index (χ4v) is 4.56. The Kier molecular flexibility index (Phi) is 5.10. The molecule has 0 saturated heterocycles. The van der Waals surface area contributed by atoms with Crippen LogP contribution in [-0.4, -0.2) is 25.8 Å². The first-order chi connectivity index (χ1) is 17.1. The molecule has 0 unspecified atom stereocenters. The monoisotopic (exact) mass is 464 g/mol. The van der Waals surface area contributed by atoms with Crippen molar-refractivity contribution in [2.45, 2.75) is 31.9 Å². The van der Waals surface area contributed by atoms with E-state index in [1.54, 1.807) is 18.3 Å². The molecule has 3 N–H and O–H groups in total. The molecule has 7 heteroatoms. The second-order valence-electron chi connectivity index (χ2n) is 8.95. The van der Waals surface area contributed by atoms with E-state index in [0.717, 1.165) is 51.3 Å². The molecule has 1 saturated carbocycles. The maximum absolute atomic E-state index is 11.2. The van der Waals surface area contributed by atoms with E-state index in [9.17, 15) is 9.90 Å². The number of rotatable bonds is 7. The highest BCUT2D eigenvalue weighted by Gasteiger charge is 2.27. The number of nitrogen functional groups attached to an aromatic ring is 1. The molecule has 3 aromatic carbocycles. The van der Waals surface area contributed by atoms with Crippen molar-refractivity contribution >= 4 is 33.5 Å². The molecular weight excluding hydrogens is 440 g/mol. The van der Waals surface area contributed by atoms with Crippen LogP contribution in [0.4, 0.5) is 5.82 Å². The van der Waals surface area contributed by atoms with Crippen LogP contribution in [0.2, 0.25) is 0 Å². The minimum atomic E-state index is -0.889. The van der Waals surface area contributed by atoms with Crippen molar-refractivity contribution in [1.29, 1.82) is 0 Å². The molecule has 0 aliphatic heterocycles. The summed E-state index contributed by atoms with van der Waals surface area (Å²) in [5, 5.41) is 17.1. The van der Waals surface area contributed by atoms with Gasteiger partial charge in [-0.2, -0.15) is 5.10 Å². The lowest BCUT2D eigenvalue weighted by Gasteiger charge is -2.09. The van der Waals surface area contributed by atoms with E-state index < -0.39 is 5.97 Å². The molecule has 0 radical (unpaired) electrons. The van der Waals surface area contributed by atoms with Crippen molar-refractivity contribution < 1.29 is 14.6 Å². The number of carboxylic acids is 1. The fraction of sp³-hybridized carbons (Fsp3) is 0.179. The molecule has 0 spiro atoms. The summed E-state index contributed by atoms with van der Waals surface area (Å²) < 4.78 is 8.20. The number of carbonyl (C=O) groups is 1. The van der Waals surface area contributed by atoms with Crippen molar-refractivity contribution in [2.24, 2.45) is 0 Å². The minimum Gasteiger partial charge on any atom is -0.487 e. The topological polar surface area (TPSA) is 103 Å². The zero-order valence-corrected chi connectivity index (χ0v) is 19.0. The average molecular weight is 465 g/mol. The molecule has 174 valence electrons. The van der Waals surface area contributed by atoms with Gasteiger partial charge >= 0.3 is 5.97 Å². The largest absolute Gasteiger partial charge is 0.487 e. The number of hydrogen-bond donors (Lipinski definition) is 2. The highest BCUT2D eigenvalue weighted by atomic mass is 16.5. The highest BCUT2D eigenvalue weighted by molar-refractivity contribution is 5.95. The first kappa shape index (κ1) is 21.2. The summed E-state index contributed by atoms with van der Waals surface area (Å²) in [4.78, 5) is 15.5. The van der Waals surface area contributed by atoms with Gasteiger partial charge in [-0.05, 0) is 59.7 Å². The number of anilines is 1. The Morgan fingerprint density at radius 3 is 2.60 bits per heavy atom. The van der Waals surface area contributed by atoms with Gasteiger partial charge in [0.05, 0.1) is 18.0 Å². The number of aliphatic carboxylic acids is 1. The molecule has 2 heterocycles. The van der Waals surface area contributed by atoms with Crippen molar-refractivity contribution in [2.75, 3.05) is 5.73 Å². The van der Waals surface area contributed by atoms with Crippen LogP contribution in [-0.2, 0) is 17.8 Å². The summed E-state index contributed by atoms with van der Waals surface area (Å²) in [6, 6.07) is 22.2. The Hall–Kier alpha value is -4.39. The van der Waals surface area contributed by atoms with E-state index in [1.165, 1.54) is 0 Å². The van der Waals surface area contributed by atoms with Crippen LogP contribution in [0.15, 0.2) is 72.9 Å². The number of para-hydroxylation sites is 1. The van der Waals surface area contributed by atoms with Gasteiger partial charge in [0.15, 0.2) is 0 Å². The van der Waals surface area contributed by atoms with Crippen LogP contribution in [0, 0.1) is 0 Å². The number of aromatic nitrogens is 3. The number of carboxylic acid groups (broad SMARTS) is 1. The lowest BCUT2D eigenvalue weighted by atomic mass is 10.00. The molecule has 35 heavy (non-hydrogen) atoms. The maximum atomic E-state index is 11.2. The smallest absolute Gasteiger partial charge is 0.307 e. The van der Waals surface area contributed by atoms with Crippen LogP contribution < -0.4 is 10.5 Å². The van der Waals surface area contributed by atoms with Crippen LogP contribution in [0.5, 0.6) is 5.75 Å². The van der Waals surface area contributed by atoms with Gasteiger partial charge in [-0.1, -0.05) is 36.4 Å². The number of hydrogen-bond acceptors (Lipinski definition) is 5. The minimum absolute atomic E-state index is 0.0858. The standard InChI is InChI=1S/C28H24N4O3/c29-28-22-13-18(6-5-17(22)11-12-30-28)19-7-10-25-23(14-19)24(31-32(25)21-8-9-21)16-35-26-4-2-1-3-20(26)15-27(33)34/h1-7,10-14,21H,8-9,15-16H2,(H2,29,30)(H,33,34). The zero-order valence-electron chi connectivity index (χ0n) is 19.0. The first-order valence-electron chi connectivity index (χ1n) is 11.6. The third-order valence-electron chi connectivity index (χ3n) is 6.48. The maximum Gasteiger partial charge on any atom is 0.307 e. The van der Waals surface area contributed by atoms with Gasteiger partial charge < -0.3 is 15.6 Å². The van der Waals surface area contributed by atoms with E-state index in [4.69, 9.17) is 15.6 Å². The number of fused-ring (bicyclic) bond motifs is 2. The van der Waals surface area contributed by atoms with Gasteiger partial charge in [-0.25, -0.2) is 4.98 Å². The normalized spacial score (nSPS) is 13.4. The van der Waals surface area contributed by atoms with E-state index in [1.807, 2.05) is 18.2 Å². The molecule has 6 rings (SSSR count). The van der Waals surface area contributed by atoms with Gasteiger partial charge in [0, 0.05) is 22.5 Å². The van der Waals surface area contributed by atoms with Gasteiger partial charge in [0.2, 0.25) is 0 Å². The van der Waals surface area contributed by atoms with Crippen molar-refractivity contribution in [3.05, 3.63) is 84.2 Å². The second-order valence-corrected chi connectivity index (χ2v) is 8.95. The van der Waals surface area contributed by atoms with Gasteiger partial charge in [0.1, 0.15) is 23.9 Å². The van der Waals surface area contributed by atoms with Crippen molar-refractivity contribution in [1.82, 2.24) is 14.8 Å². The van der Waals surface area contributed by atoms with Crippen LogP contribution in [0.1, 0.15) is 30.1 Å². The zero-order chi connectivity index (χ0) is 23.9. The molecule has 1 aliphatic rings. The summed E-state index contributed by atoms with van der Waals surface area (Å²) in [7, 11) is 0. The molecule has 2 aromatic heterocycles. The fourth-order valence-electron chi connectivity index (χ4n) is 4.56. The van der Waals surface area contributed by atoms with E-state index in [-0.39, 0.29) is 13.0 Å². The van der Waals surface area contributed by atoms with Gasteiger partial charge in [0.25, 0.3) is 0 Å². The van der Waals surface area contributed by atoms with Crippen LogP contribution in [0.3, 0.4) is 0 Å². The molecule has 0 bridgehead atoms. The predicted molar refractivity (Wildman–Crippen MR) is 135 cm³/mol. The number of benzene rings is 3. The van der Waals surface area contributed by atoms with Crippen molar-refractivity contribution in [3.63, 3.8) is 0 Å². The van der Waals surface area contributed by atoms with Crippen LogP contribution in [0.25, 0.3) is 32.8 Å². The summed E-state index contributed by atoms with van der Waals surface area (Å²) in [6.07, 6.45) is 3.88. The Labute approximate surface area is 201 Å². The third kappa shape index (κ3) is 4.05. The number of ether oxygens (including phenoxy) is 1. The van der Waals surface area contributed by atoms with Gasteiger partial charge in [-0.3, -0.25) is 9.48 Å². The molecule has 1 fully saturated rings. The molecular formula is C28H24N4O3. The Bertz CT molecular complexity index is 1590. The van der Waals surface area contributed by atoms with E-state index >= 15 is 0 Å². The SMILES string of the molecule is Nc1nccc2ccc(-c3ccc4c(c3)c(COc3ccccc3CC(=O)O)nn4C3CC3)cc12. The summed E-state index contributed by atoms with van der Waals surface area (Å²) in [5.74, 6) is 0.194. The number of nitrogens with two attached hydrogens (primary N) is 1. The molecule has 5 aromatic rings. The van der Waals surface area contributed by atoms with E-state index in [2.05, 4.69) is 46.1 Å². The molecule has 1 aliphatic carbocycles. The quantitative estimate of drug-likeness (QED) is 0.335.